The fourth-order valence-corrected chi connectivity index (χ4v) is 2.52. The number of hydrogen-bond donors (Lipinski definition) is 0. The molecule has 1 heterocycles. The van der Waals surface area contributed by atoms with Gasteiger partial charge in [-0.25, -0.2) is 0 Å². The first-order valence-electron chi connectivity index (χ1n) is 6.98. The minimum Gasteiger partial charge on any atom is -0.463 e. The Morgan fingerprint density at radius 3 is 2.63 bits per heavy atom. The van der Waals surface area contributed by atoms with Crippen LogP contribution in [0.2, 0.25) is 5.28 Å². The number of ether oxygens (including phenoxy) is 1. The Balaban J connectivity index is 2.11. The van der Waals surface area contributed by atoms with E-state index in [4.69, 9.17) is 16.3 Å². The summed E-state index contributed by atoms with van der Waals surface area (Å²) >= 11 is 5.94. The molecule has 0 saturated heterocycles. The van der Waals surface area contributed by atoms with Gasteiger partial charge in [-0.3, -0.25) is 0 Å². The average molecular weight is 285 g/mol. The Morgan fingerprint density at radius 1 is 1.21 bits per heavy atom. The lowest BCUT2D eigenvalue weighted by atomic mass is 9.95. The van der Waals surface area contributed by atoms with E-state index in [0.717, 1.165) is 6.42 Å². The Labute approximate surface area is 119 Å². The second-order valence-corrected chi connectivity index (χ2v) is 5.28. The van der Waals surface area contributed by atoms with Crippen molar-refractivity contribution in [2.24, 2.45) is 0 Å². The van der Waals surface area contributed by atoms with Crippen LogP contribution < -0.4 is 9.64 Å². The van der Waals surface area contributed by atoms with Gasteiger partial charge in [0.1, 0.15) is 0 Å². The lowest BCUT2D eigenvalue weighted by Gasteiger charge is -2.31. The van der Waals surface area contributed by atoms with Crippen molar-refractivity contribution in [2.75, 3.05) is 18.6 Å². The summed E-state index contributed by atoms with van der Waals surface area (Å²) in [4.78, 5) is 14.6. The van der Waals surface area contributed by atoms with Gasteiger partial charge in [0.05, 0.1) is 6.61 Å². The summed E-state index contributed by atoms with van der Waals surface area (Å²) in [6, 6.07) is 0.811. The van der Waals surface area contributed by atoms with Gasteiger partial charge < -0.3 is 9.64 Å². The van der Waals surface area contributed by atoms with Gasteiger partial charge in [-0.1, -0.05) is 26.2 Å². The summed E-state index contributed by atoms with van der Waals surface area (Å²) < 4.78 is 5.44. The first-order chi connectivity index (χ1) is 9.20. The van der Waals surface area contributed by atoms with E-state index in [0.29, 0.717) is 24.6 Å². The van der Waals surface area contributed by atoms with Crippen molar-refractivity contribution >= 4 is 17.5 Å². The number of aromatic nitrogens is 3. The Hall–Kier alpha value is -1.10. The number of anilines is 1. The lowest BCUT2D eigenvalue weighted by Crippen LogP contribution is -2.34. The van der Waals surface area contributed by atoms with Crippen molar-refractivity contribution < 1.29 is 4.74 Å². The van der Waals surface area contributed by atoms with Gasteiger partial charge in [-0.15, -0.1) is 0 Å². The molecule has 1 aliphatic rings. The van der Waals surface area contributed by atoms with Gasteiger partial charge in [-0.05, 0) is 30.9 Å². The summed E-state index contributed by atoms with van der Waals surface area (Å²) in [5, 5.41) is 0.193. The number of halogens is 1. The zero-order valence-corrected chi connectivity index (χ0v) is 12.4. The van der Waals surface area contributed by atoms with Gasteiger partial charge in [-0.2, -0.15) is 15.0 Å². The maximum Gasteiger partial charge on any atom is 0.322 e. The van der Waals surface area contributed by atoms with Crippen molar-refractivity contribution in [3.63, 3.8) is 0 Å². The fourth-order valence-electron chi connectivity index (χ4n) is 2.37. The quantitative estimate of drug-likeness (QED) is 0.832. The van der Waals surface area contributed by atoms with E-state index >= 15 is 0 Å². The molecular weight excluding hydrogens is 264 g/mol. The molecule has 5 nitrogen and oxygen atoms in total. The molecule has 0 radical (unpaired) electrons. The molecule has 0 unspecified atom stereocenters. The molecule has 106 valence electrons. The molecule has 1 saturated carbocycles. The molecule has 0 bridgehead atoms. The molecule has 0 spiro atoms. The highest BCUT2D eigenvalue weighted by molar-refractivity contribution is 6.28. The van der Waals surface area contributed by atoms with Crippen LogP contribution in [0.15, 0.2) is 0 Å². The smallest absolute Gasteiger partial charge is 0.322 e. The molecule has 0 atom stereocenters. The van der Waals surface area contributed by atoms with E-state index in [9.17, 15) is 0 Å². The maximum atomic E-state index is 5.94. The summed E-state index contributed by atoms with van der Waals surface area (Å²) in [6.07, 6.45) is 7.15. The van der Waals surface area contributed by atoms with E-state index in [1.54, 1.807) is 0 Å². The monoisotopic (exact) mass is 284 g/mol. The largest absolute Gasteiger partial charge is 0.463 e. The molecule has 1 aliphatic carbocycles. The first kappa shape index (κ1) is 14.3. The Morgan fingerprint density at radius 2 is 1.95 bits per heavy atom. The fraction of sp³-hybridized carbons (Fsp3) is 0.769. The van der Waals surface area contributed by atoms with Crippen LogP contribution in [0.1, 0.15) is 45.4 Å². The van der Waals surface area contributed by atoms with Crippen molar-refractivity contribution in [1.29, 1.82) is 0 Å². The Kier molecular flexibility index (Phi) is 5.19. The van der Waals surface area contributed by atoms with E-state index in [-0.39, 0.29) is 5.28 Å². The van der Waals surface area contributed by atoms with E-state index in [1.165, 1.54) is 32.1 Å². The minimum atomic E-state index is 0.193. The number of nitrogens with zero attached hydrogens (tertiary/aromatic N) is 4. The second kappa shape index (κ2) is 6.89. The molecule has 2 rings (SSSR count). The van der Waals surface area contributed by atoms with Crippen molar-refractivity contribution in [2.45, 2.75) is 51.5 Å². The average Bonchev–Trinajstić information content (AvgIpc) is 2.44. The predicted octanol–water partition coefficient (Wildman–Crippen LogP) is 3.08. The van der Waals surface area contributed by atoms with Crippen molar-refractivity contribution in [1.82, 2.24) is 15.0 Å². The molecule has 0 aromatic carbocycles. The van der Waals surface area contributed by atoms with Crippen LogP contribution in [0.3, 0.4) is 0 Å². The molecule has 6 heteroatoms. The maximum absolute atomic E-state index is 5.94. The molecule has 0 amide bonds. The third-order valence-corrected chi connectivity index (χ3v) is 3.62. The summed E-state index contributed by atoms with van der Waals surface area (Å²) in [5.41, 5.74) is 0. The Bertz CT molecular complexity index is 410. The van der Waals surface area contributed by atoms with E-state index < -0.39 is 0 Å². The third kappa shape index (κ3) is 3.93. The zero-order valence-electron chi connectivity index (χ0n) is 11.6. The molecule has 1 aromatic heterocycles. The van der Waals surface area contributed by atoms with Crippen LogP contribution in [-0.4, -0.2) is 34.6 Å². The standard InChI is InChI=1S/C13H21ClN4O/c1-3-9-19-13-16-11(14)15-12(17-13)18(2)10-7-5-4-6-8-10/h10H,3-9H2,1-2H3. The van der Waals surface area contributed by atoms with Gasteiger partial charge in [0.15, 0.2) is 0 Å². The highest BCUT2D eigenvalue weighted by Gasteiger charge is 2.21. The van der Waals surface area contributed by atoms with Crippen LogP contribution in [0.25, 0.3) is 0 Å². The van der Waals surface area contributed by atoms with Crippen molar-refractivity contribution in [3.05, 3.63) is 5.28 Å². The second-order valence-electron chi connectivity index (χ2n) is 4.94. The highest BCUT2D eigenvalue weighted by Crippen LogP contribution is 2.25. The SMILES string of the molecule is CCCOc1nc(Cl)nc(N(C)C2CCCCC2)n1. The third-order valence-electron chi connectivity index (χ3n) is 3.45. The van der Waals surface area contributed by atoms with Crippen LogP contribution in [-0.2, 0) is 0 Å². The van der Waals surface area contributed by atoms with Gasteiger partial charge >= 0.3 is 6.01 Å². The highest BCUT2D eigenvalue weighted by atomic mass is 35.5. The molecule has 0 N–H and O–H groups in total. The predicted molar refractivity (Wildman–Crippen MR) is 75.9 cm³/mol. The first-order valence-corrected chi connectivity index (χ1v) is 7.35. The summed E-state index contributed by atoms with van der Waals surface area (Å²) in [6.45, 7) is 2.63. The van der Waals surface area contributed by atoms with Gasteiger partial charge in [0.2, 0.25) is 11.2 Å². The minimum absolute atomic E-state index is 0.193. The van der Waals surface area contributed by atoms with E-state index in [2.05, 4.69) is 19.9 Å². The lowest BCUT2D eigenvalue weighted by molar-refractivity contribution is 0.291. The van der Waals surface area contributed by atoms with Gasteiger partial charge in [0, 0.05) is 13.1 Å². The van der Waals surface area contributed by atoms with Crippen LogP contribution in [0.4, 0.5) is 5.95 Å². The van der Waals surface area contributed by atoms with Crippen LogP contribution >= 0.6 is 11.6 Å². The van der Waals surface area contributed by atoms with E-state index in [1.807, 2.05) is 14.0 Å². The van der Waals surface area contributed by atoms with Gasteiger partial charge in [0.25, 0.3) is 0 Å². The number of rotatable bonds is 5. The molecule has 1 aromatic rings. The molecular formula is C13H21ClN4O. The zero-order chi connectivity index (χ0) is 13.7. The molecule has 0 aliphatic heterocycles. The normalized spacial score (nSPS) is 16.4. The van der Waals surface area contributed by atoms with Crippen LogP contribution in [0.5, 0.6) is 6.01 Å². The molecule has 19 heavy (non-hydrogen) atoms. The van der Waals surface area contributed by atoms with Crippen LogP contribution in [0, 0.1) is 0 Å². The van der Waals surface area contributed by atoms with Crippen molar-refractivity contribution in [3.8, 4) is 6.01 Å². The number of hydrogen-bond acceptors (Lipinski definition) is 5. The summed E-state index contributed by atoms with van der Waals surface area (Å²) in [7, 11) is 2.02. The topological polar surface area (TPSA) is 51.1 Å². The summed E-state index contributed by atoms with van der Waals surface area (Å²) in [5.74, 6) is 0.609. The molecule has 1 fully saturated rings.